The third-order valence-electron chi connectivity index (χ3n) is 3.62. The normalized spacial score (nSPS) is 12.4. The SMILES string of the molecule is CN(c1ccccc1N(C)[Si](C)(C)C)[Si](C)(C)C. The van der Waals surface area contributed by atoms with Crippen molar-refractivity contribution >= 4 is 27.8 Å². The summed E-state index contributed by atoms with van der Waals surface area (Å²) in [6.45, 7) is 14.3. The summed E-state index contributed by atoms with van der Waals surface area (Å²) in [7, 11) is 1.85. The second-order valence-corrected chi connectivity index (χ2v) is 17.0. The van der Waals surface area contributed by atoms with E-state index in [-0.39, 0.29) is 0 Å². The lowest BCUT2D eigenvalue weighted by Crippen LogP contribution is -2.47. The van der Waals surface area contributed by atoms with Crippen molar-refractivity contribution in [3.63, 3.8) is 0 Å². The highest BCUT2D eigenvalue weighted by Crippen LogP contribution is 2.33. The van der Waals surface area contributed by atoms with Crippen molar-refractivity contribution in [2.75, 3.05) is 23.2 Å². The van der Waals surface area contributed by atoms with Crippen LogP contribution in [0.2, 0.25) is 39.3 Å². The van der Waals surface area contributed by atoms with Crippen molar-refractivity contribution in [3.05, 3.63) is 24.3 Å². The zero-order valence-electron chi connectivity index (χ0n) is 13.2. The molecule has 0 bridgehead atoms. The number of para-hydroxylation sites is 2. The van der Waals surface area contributed by atoms with Gasteiger partial charge in [-0.1, -0.05) is 51.4 Å². The Kier molecular flexibility index (Phi) is 4.33. The van der Waals surface area contributed by atoms with Gasteiger partial charge in [0.05, 0.1) is 11.4 Å². The summed E-state index contributed by atoms with van der Waals surface area (Å²) < 4.78 is 5.00. The molecule has 18 heavy (non-hydrogen) atoms. The summed E-state index contributed by atoms with van der Waals surface area (Å²) >= 11 is 0. The first-order valence-corrected chi connectivity index (χ1v) is 13.5. The van der Waals surface area contributed by atoms with E-state index >= 15 is 0 Å². The van der Waals surface area contributed by atoms with E-state index in [4.69, 9.17) is 0 Å². The van der Waals surface area contributed by atoms with Gasteiger partial charge in [-0.25, -0.2) is 0 Å². The average molecular weight is 281 g/mol. The van der Waals surface area contributed by atoms with Crippen molar-refractivity contribution < 1.29 is 0 Å². The van der Waals surface area contributed by atoms with Gasteiger partial charge >= 0.3 is 0 Å². The van der Waals surface area contributed by atoms with Crippen LogP contribution in [0, 0.1) is 0 Å². The van der Waals surface area contributed by atoms with Crippen LogP contribution in [0.3, 0.4) is 0 Å². The van der Waals surface area contributed by atoms with Crippen LogP contribution in [-0.4, -0.2) is 30.6 Å². The lowest BCUT2D eigenvalue weighted by atomic mass is 10.2. The molecule has 1 rings (SSSR count). The minimum atomic E-state index is -1.32. The van der Waals surface area contributed by atoms with Gasteiger partial charge in [0.1, 0.15) is 16.5 Å². The number of rotatable bonds is 4. The summed E-state index contributed by atoms with van der Waals surface area (Å²) in [4.78, 5) is 0. The molecule has 4 heteroatoms. The van der Waals surface area contributed by atoms with E-state index in [0.717, 1.165) is 0 Å². The first-order valence-electron chi connectivity index (χ1n) is 6.62. The maximum absolute atomic E-state index is 2.50. The Balaban J connectivity index is 3.23. The fourth-order valence-corrected chi connectivity index (χ4v) is 3.58. The predicted molar refractivity (Wildman–Crippen MR) is 89.9 cm³/mol. The maximum atomic E-state index is 2.50. The zero-order valence-corrected chi connectivity index (χ0v) is 15.2. The van der Waals surface area contributed by atoms with Crippen LogP contribution in [-0.2, 0) is 0 Å². The van der Waals surface area contributed by atoms with Gasteiger partial charge in [-0.2, -0.15) is 0 Å². The highest BCUT2D eigenvalue weighted by molar-refractivity contribution is 6.81. The van der Waals surface area contributed by atoms with E-state index < -0.39 is 16.5 Å². The van der Waals surface area contributed by atoms with Crippen LogP contribution >= 0.6 is 0 Å². The molecule has 2 nitrogen and oxygen atoms in total. The quantitative estimate of drug-likeness (QED) is 0.762. The van der Waals surface area contributed by atoms with Crippen molar-refractivity contribution in [1.82, 2.24) is 0 Å². The Bertz CT molecular complexity index is 366. The van der Waals surface area contributed by atoms with Crippen LogP contribution in [0.15, 0.2) is 24.3 Å². The molecule has 0 saturated heterocycles. The van der Waals surface area contributed by atoms with Gasteiger partial charge in [-0.3, -0.25) is 0 Å². The topological polar surface area (TPSA) is 6.48 Å². The summed E-state index contributed by atoms with van der Waals surface area (Å²) in [5.74, 6) is 0. The lowest BCUT2D eigenvalue weighted by molar-refractivity contribution is 1.19. The molecule has 0 amide bonds. The molecule has 0 fully saturated rings. The molecule has 0 atom stereocenters. The molecule has 0 aliphatic rings. The zero-order chi connectivity index (χ0) is 14.1. The fourth-order valence-electron chi connectivity index (χ4n) is 1.75. The number of nitrogens with zero attached hydrogens (tertiary/aromatic N) is 2. The van der Waals surface area contributed by atoms with Gasteiger partial charge in [0, 0.05) is 0 Å². The van der Waals surface area contributed by atoms with Gasteiger partial charge in [0.2, 0.25) is 0 Å². The van der Waals surface area contributed by atoms with E-state index in [1.807, 2.05) is 0 Å². The molecule has 0 spiro atoms. The van der Waals surface area contributed by atoms with E-state index in [2.05, 4.69) is 86.8 Å². The summed E-state index contributed by atoms with van der Waals surface area (Å²) in [5.41, 5.74) is 2.75. The van der Waals surface area contributed by atoms with Gasteiger partial charge in [-0.15, -0.1) is 0 Å². The molecule has 102 valence electrons. The van der Waals surface area contributed by atoms with E-state index in [0.29, 0.717) is 0 Å². The third-order valence-corrected chi connectivity index (χ3v) is 8.12. The molecule has 0 heterocycles. The Labute approximate surface area is 115 Å². The average Bonchev–Trinajstić information content (AvgIpc) is 2.24. The molecule has 0 aliphatic carbocycles. The highest BCUT2D eigenvalue weighted by atomic mass is 28.3. The summed E-state index contributed by atoms with van der Waals surface area (Å²) in [6.07, 6.45) is 0. The van der Waals surface area contributed by atoms with Crippen molar-refractivity contribution in [3.8, 4) is 0 Å². The van der Waals surface area contributed by atoms with Crippen molar-refractivity contribution in [2.24, 2.45) is 0 Å². The molecule has 0 radical (unpaired) electrons. The third kappa shape index (κ3) is 3.39. The van der Waals surface area contributed by atoms with Crippen LogP contribution in [0.25, 0.3) is 0 Å². The predicted octanol–water partition coefficient (Wildman–Crippen LogP) is 4.23. The van der Waals surface area contributed by atoms with Crippen molar-refractivity contribution in [1.29, 1.82) is 0 Å². The number of hydrogen-bond donors (Lipinski definition) is 0. The van der Waals surface area contributed by atoms with E-state index in [9.17, 15) is 0 Å². The van der Waals surface area contributed by atoms with Crippen molar-refractivity contribution in [2.45, 2.75) is 39.3 Å². The molecule has 1 aromatic carbocycles. The second-order valence-electron chi connectivity index (χ2n) is 6.95. The van der Waals surface area contributed by atoms with Crippen LogP contribution in [0.5, 0.6) is 0 Å². The Morgan fingerprint density at radius 2 is 0.944 bits per heavy atom. The summed E-state index contributed by atoms with van der Waals surface area (Å²) in [5, 5.41) is 0. The van der Waals surface area contributed by atoms with E-state index in [1.165, 1.54) is 11.4 Å². The second kappa shape index (κ2) is 5.09. The van der Waals surface area contributed by atoms with Crippen LogP contribution in [0.1, 0.15) is 0 Å². The molecule has 0 aliphatic heterocycles. The lowest BCUT2D eigenvalue weighted by Gasteiger charge is -2.39. The Morgan fingerprint density at radius 1 is 0.667 bits per heavy atom. The monoisotopic (exact) mass is 280 g/mol. The molecule has 0 aromatic heterocycles. The smallest absolute Gasteiger partial charge is 0.147 e. The fraction of sp³-hybridized carbons (Fsp3) is 0.571. The highest BCUT2D eigenvalue weighted by Gasteiger charge is 2.27. The standard InChI is InChI=1S/C14H28N2Si2/c1-15(17(3,4)5)13-11-9-10-12-14(13)16(2)18(6,7)8/h9-12H,1-8H3. The largest absolute Gasteiger partial charge is 0.399 e. The summed E-state index contributed by atoms with van der Waals surface area (Å²) in [6, 6.07) is 8.80. The van der Waals surface area contributed by atoms with E-state index in [1.54, 1.807) is 0 Å². The number of hydrogen-bond acceptors (Lipinski definition) is 2. The van der Waals surface area contributed by atoms with Crippen LogP contribution in [0.4, 0.5) is 11.4 Å². The van der Waals surface area contributed by atoms with Crippen LogP contribution < -0.4 is 9.13 Å². The minimum absolute atomic E-state index is 1.32. The molecule has 0 saturated carbocycles. The number of anilines is 2. The Hall–Kier alpha value is -0.746. The molecule has 1 aromatic rings. The number of benzene rings is 1. The Morgan fingerprint density at radius 3 is 1.17 bits per heavy atom. The maximum Gasteiger partial charge on any atom is 0.147 e. The molecule has 0 N–H and O–H groups in total. The minimum Gasteiger partial charge on any atom is -0.399 e. The van der Waals surface area contributed by atoms with Gasteiger partial charge < -0.3 is 9.13 Å². The first-order chi connectivity index (χ1) is 8.05. The molecule has 0 unspecified atom stereocenters. The molecular formula is C14H28N2Si2. The van der Waals surface area contributed by atoms with Gasteiger partial charge in [0.25, 0.3) is 0 Å². The first kappa shape index (κ1) is 15.3. The van der Waals surface area contributed by atoms with Gasteiger partial charge in [0.15, 0.2) is 0 Å². The molecular weight excluding hydrogens is 252 g/mol. The van der Waals surface area contributed by atoms with Gasteiger partial charge in [-0.05, 0) is 26.2 Å².